The lowest BCUT2D eigenvalue weighted by atomic mass is 10.3. The second-order valence-corrected chi connectivity index (χ2v) is 3.40. The van der Waals surface area contributed by atoms with Crippen molar-refractivity contribution in [1.29, 1.82) is 0 Å². The van der Waals surface area contributed by atoms with E-state index in [2.05, 4.69) is 15.0 Å². The van der Waals surface area contributed by atoms with E-state index in [4.69, 9.17) is 0 Å². The minimum Gasteiger partial charge on any atom is -0.392 e. The number of aromatic nitrogens is 3. The monoisotopic (exact) mass is 182 g/mol. The smallest absolute Gasteiger partial charge is 0.137 e. The predicted molar refractivity (Wildman–Crippen MR) is 47.1 cm³/mol. The fourth-order valence-corrected chi connectivity index (χ4v) is 1.61. The highest BCUT2D eigenvalue weighted by molar-refractivity contribution is 4.74. The molecule has 1 N–H and O–H groups in total. The molecule has 1 aromatic heterocycles. The van der Waals surface area contributed by atoms with Gasteiger partial charge in [0.15, 0.2) is 0 Å². The van der Waals surface area contributed by atoms with Crippen LogP contribution in [0.1, 0.15) is 6.42 Å². The number of hydrogen-bond donors (Lipinski definition) is 1. The summed E-state index contributed by atoms with van der Waals surface area (Å²) in [7, 11) is 0. The second kappa shape index (κ2) is 3.85. The van der Waals surface area contributed by atoms with E-state index in [-0.39, 0.29) is 6.10 Å². The van der Waals surface area contributed by atoms with Crippen LogP contribution in [0.2, 0.25) is 0 Å². The minimum absolute atomic E-state index is 0.129. The first-order chi connectivity index (χ1) is 6.34. The van der Waals surface area contributed by atoms with Gasteiger partial charge in [0.2, 0.25) is 0 Å². The Hall–Kier alpha value is -0.940. The molecule has 1 aliphatic rings. The normalized spacial score (nSPS) is 23.9. The Morgan fingerprint density at radius 3 is 3.00 bits per heavy atom. The average molecular weight is 182 g/mol. The van der Waals surface area contributed by atoms with Gasteiger partial charge in [0.1, 0.15) is 12.7 Å². The molecule has 0 spiro atoms. The first-order valence-electron chi connectivity index (χ1n) is 4.57. The average Bonchev–Trinajstić information content (AvgIpc) is 2.71. The number of rotatable bonds is 3. The molecular formula is C8H14N4O. The molecule has 1 saturated heterocycles. The van der Waals surface area contributed by atoms with Gasteiger partial charge in [-0.25, -0.2) is 4.98 Å². The lowest BCUT2D eigenvalue weighted by Gasteiger charge is -2.13. The molecule has 1 atom stereocenters. The first kappa shape index (κ1) is 8.65. The standard InChI is InChI=1S/C8H14N4O/c13-8-1-2-11(5-8)3-4-12-7-9-6-10-12/h6-8,13H,1-5H2/t8-/m0/s1. The van der Waals surface area contributed by atoms with Crippen molar-refractivity contribution in [2.24, 2.45) is 0 Å². The van der Waals surface area contributed by atoms with Gasteiger partial charge in [0, 0.05) is 19.6 Å². The molecule has 0 unspecified atom stereocenters. The summed E-state index contributed by atoms with van der Waals surface area (Å²) in [6, 6.07) is 0. The molecule has 5 nitrogen and oxygen atoms in total. The van der Waals surface area contributed by atoms with Crippen molar-refractivity contribution in [3.63, 3.8) is 0 Å². The van der Waals surface area contributed by atoms with Crippen LogP contribution in [-0.4, -0.2) is 50.5 Å². The molecule has 0 radical (unpaired) electrons. The zero-order valence-electron chi connectivity index (χ0n) is 7.50. The van der Waals surface area contributed by atoms with Gasteiger partial charge in [-0.1, -0.05) is 0 Å². The SMILES string of the molecule is O[C@H]1CCN(CCn2cncn2)C1. The van der Waals surface area contributed by atoms with Gasteiger partial charge < -0.3 is 5.11 Å². The van der Waals surface area contributed by atoms with Crippen LogP contribution in [0.4, 0.5) is 0 Å². The predicted octanol–water partition coefficient (Wildman–Crippen LogP) is -0.655. The molecule has 13 heavy (non-hydrogen) atoms. The van der Waals surface area contributed by atoms with Crippen LogP contribution < -0.4 is 0 Å². The van der Waals surface area contributed by atoms with Gasteiger partial charge in [0.05, 0.1) is 12.6 Å². The summed E-state index contributed by atoms with van der Waals surface area (Å²) in [4.78, 5) is 6.11. The number of nitrogens with zero attached hydrogens (tertiary/aromatic N) is 4. The summed E-state index contributed by atoms with van der Waals surface area (Å²) in [5.41, 5.74) is 0. The Kier molecular flexibility index (Phi) is 2.56. The third kappa shape index (κ3) is 2.26. The Morgan fingerprint density at radius 1 is 1.46 bits per heavy atom. The highest BCUT2D eigenvalue weighted by Crippen LogP contribution is 2.07. The maximum atomic E-state index is 9.28. The molecular weight excluding hydrogens is 168 g/mol. The molecule has 0 amide bonds. The zero-order chi connectivity index (χ0) is 9.10. The van der Waals surface area contributed by atoms with Crippen LogP contribution >= 0.6 is 0 Å². The summed E-state index contributed by atoms with van der Waals surface area (Å²) in [5, 5.41) is 13.3. The Bertz CT molecular complexity index is 249. The topological polar surface area (TPSA) is 54.2 Å². The summed E-state index contributed by atoms with van der Waals surface area (Å²) < 4.78 is 1.81. The third-order valence-corrected chi connectivity index (χ3v) is 2.36. The van der Waals surface area contributed by atoms with Crippen LogP contribution in [0.25, 0.3) is 0 Å². The fraction of sp³-hybridized carbons (Fsp3) is 0.750. The Balaban J connectivity index is 1.74. The van der Waals surface area contributed by atoms with Crippen LogP contribution in [-0.2, 0) is 6.54 Å². The van der Waals surface area contributed by atoms with E-state index in [0.29, 0.717) is 0 Å². The van der Waals surface area contributed by atoms with Crippen molar-refractivity contribution in [3.05, 3.63) is 12.7 Å². The minimum atomic E-state index is -0.129. The van der Waals surface area contributed by atoms with Crippen molar-refractivity contribution >= 4 is 0 Å². The van der Waals surface area contributed by atoms with Crippen molar-refractivity contribution in [3.8, 4) is 0 Å². The molecule has 1 aromatic rings. The van der Waals surface area contributed by atoms with Crippen LogP contribution in [0.5, 0.6) is 0 Å². The number of β-amino-alcohol motifs (C(OH)–C–C–N with tert-alkyl or cyclic N) is 1. The molecule has 0 saturated carbocycles. The van der Waals surface area contributed by atoms with Gasteiger partial charge in [-0.2, -0.15) is 5.10 Å². The summed E-state index contributed by atoms with van der Waals surface area (Å²) >= 11 is 0. The van der Waals surface area contributed by atoms with Crippen LogP contribution in [0.3, 0.4) is 0 Å². The zero-order valence-corrected chi connectivity index (χ0v) is 7.50. The molecule has 2 heterocycles. The molecule has 1 fully saturated rings. The number of hydrogen-bond acceptors (Lipinski definition) is 4. The van der Waals surface area contributed by atoms with Crippen molar-refractivity contribution in [2.45, 2.75) is 19.1 Å². The summed E-state index contributed by atoms with van der Waals surface area (Å²) in [6.07, 6.45) is 4.03. The second-order valence-electron chi connectivity index (χ2n) is 3.40. The van der Waals surface area contributed by atoms with E-state index < -0.39 is 0 Å². The van der Waals surface area contributed by atoms with Gasteiger partial charge in [-0.15, -0.1) is 0 Å². The quantitative estimate of drug-likeness (QED) is 0.674. The van der Waals surface area contributed by atoms with Crippen molar-refractivity contribution in [1.82, 2.24) is 19.7 Å². The molecule has 72 valence electrons. The lowest BCUT2D eigenvalue weighted by molar-refractivity contribution is 0.174. The summed E-state index contributed by atoms with van der Waals surface area (Å²) in [5.74, 6) is 0. The van der Waals surface area contributed by atoms with Gasteiger partial charge in [-0.05, 0) is 6.42 Å². The lowest BCUT2D eigenvalue weighted by Crippen LogP contribution is -2.26. The van der Waals surface area contributed by atoms with E-state index in [1.54, 1.807) is 12.7 Å². The van der Waals surface area contributed by atoms with E-state index in [0.717, 1.165) is 32.6 Å². The maximum absolute atomic E-state index is 9.28. The highest BCUT2D eigenvalue weighted by Gasteiger charge is 2.19. The number of aliphatic hydroxyl groups excluding tert-OH is 1. The first-order valence-corrected chi connectivity index (χ1v) is 4.57. The van der Waals surface area contributed by atoms with E-state index in [9.17, 15) is 5.11 Å². The Morgan fingerprint density at radius 2 is 2.38 bits per heavy atom. The molecule has 2 rings (SSSR count). The Labute approximate surface area is 77.0 Å². The number of likely N-dealkylation sites (tertiary alicyclic amines) is 1. The molecule has 0 aromatic carbocycles. The van der Waals surface area contributed by atoms with Crippen molar-refractivity contribution < 1.29 is 5.11 Å². The van der Waals surface area contributed by atoms with Gasteiger partial charge in [0.25, 0.3) is 0 Å². The fourth-order valence-electron chi connectivity index (χ4n) is 1.61. The maximum Gasteiger partial charge on any atom is 0.137 e. The van der Waals surface area contributed by atoms with Gasteiger partial charge >= 0.3 is 0 Å². The van der Waals surface area contributed by atoms with Crippen LogP contribution in [0.15, 0.2) is 12.7 Å². The molecule has 1 aliphatic heterocycles. The van der Waals surface area contributed by atoms with E-state index in [1.807, 2.05) is 4.68 Å². The van der Waals surface area contributed by atoms with E-state index >= 15 is 0 Å². The molecule has 5 heteroatoms. The summed E-state index contributed by atoms with van der Waals surface area (Å²) in [6.45, 7) is 3.59. The largest absolute Gasteiger partial charge is 0.392 e. The van der Waals surface area contributed by atoms with Crippen LogP contribution in [0, 0.1) is 0 Å². The van der Waals surface area contributed by atoms with Crippen molar-refractivity contribution in [2.75, 3.05) is 19.6 Å². The highest BCUT2D eigenvalue weighted by atomic mass is 16.3. The third-order valence-electron chi connectivity index (χ3n) is 2.36. The molecule has 0 bridgehead atoms. The molecule has 0 aliphatic carbocycles. The number of aliphatic hydroxyl groups is 1. The van der Waals surface area contributed by atoms with E-state index in [1.165, 1.54) is 0 Å². The van der Waals surface area contributed by atoms with Gasteiger partial charge in [-0.3, -0.25) is 9.58 Å².